The first kappa shape index (κ1) is 22.1. The van der Waals surface area contributed by atoms with Gasteiger partial charge in [-0.2, -0.15) is 0 Å². The molecule has 3 N–H and O–H groups in total. The Labute approximate surface area is 191 Å². The van der Waals surface area contributed by atoms with Crippen molar-refractivity contribution in [3.05, 3.63) is 89.5 Å². The second kappa shape index (κ2) is 9.56. The molecule has 1 aliphatic rings. The summed E-state index contributed by atoms with van der Waals surface area (Å²) in [6.45, 7) is 1.83. The lowest BCUT2D eigenvalue weighted by atomic mass is 9.98. The number of nitrogens with one attached hydrogen (secondary N) is 2. The molecule has 0 heterocycles. The molecule has 0 radical (unpaired) electrons. The van der Waals surface area contributed by atoms with Crippen molar-refractivity contribution in [3.8, 4) is 11.1 Å². The Hall–Kier alpha value is -4.13. The average molecular weight is 444 g/mol. The van der Waals surface area contributed by atoms with Gasteiger partial charge in [-0.3, -0.25) is 14.9 Å². The number of anilines is 1. The first-order chi connectivity index (χ1) is 15.9. The van der Waals surface area contributed by atoms with Crippen LogP contribution in [0.1, 0.15) is 40.7 Å². The van der Waals surface area contributed by atoms with Crippen LogP contribution >= 0.6 is 0 Å². The molecule has 33 heavy (non-hydrogen) atoms. The van der Waals surface area contributed by atoms with Crippen molar-refractivity contribution in [2.45, 2.75) is 25.3 Å². The third-order valence-corrected chi connectivity index (χ3v) is 5.60. The van der Waals surface area contributed by atoms with Gasteiger partial charge < -0.3 is 15.2 Å². The van der Waals surface area contributed by atoms with E-state index in [0.29, 0.717) is 11.3 Å². The molecule has 7 nitrogen and oxygen atoms in total. The highest BCUT2D eigenvalue weighted by Gasteiger charge is 2.29. The summed E-state index contributed by atoms with van der Waals surface area (Å²) in [6.07, 6.45) is -0.739. The van der Waals surface area contributed by atoms with Crippen molar-refractivity contribution in [1.29, 1.82) is 0 Å². The molecule has 0 aromatic heterocycles. The highest BCUT2D eigenvalue weighted by Crippen LogP contribution is 2.44. The molecule has 0 saturated heterocycles. The molecule has 0 spiro atoms. The lowest BCUT2D eigenvalue weighted by Gasteiger charge is -2.15. The minimum atomic E-state index is -0.981. The lowest BCUT2D eigenvalue weighted by molar-refractivity contribution is -0.137. The second-order valence-corrected chi connectivity index (χ2v) is 8.00. The molecule has 4 rings (SSSR count). The number of carboxylic acids is 1. The van der Waals surface area contributed by atoms with Gasteiger partial charge in [-0.25, -0.2) is 4.79 Å². The van der Waals surface area contributed by atoms with Crippen LogP contribution in [-0.4, -0.2) is 35.7 Å². The van der Waals surface area contributed by atoms with Gasteiger partial charge in [0.25, 0.3) is 5.91 Å². The van der Waals surface area contributed by atoms with Crippen molar-refractivity contribution in [1.82, 2.24) is 5.32 Å². The van der Waals surface area contributed by atoms with Crippen LogP contribution in [-0.2, 0) is 9.53 Å². The van der Waals surface area contributed by atoms with Crippen LogP contribution in [0.4, 0.5) is 10.5 Å². The van der Waals surface area contributed by atoms with Gasteiger partial charge in [-0.15, -0.1) is 0 Å². The van der Waals surface area contributed by atoms with Crippen molar-refractivity contribution in [2.75, 3.05) is 11.9 Å². The van der Waals surface area contributed by atoms with Gasteiger partial charge in [0.1, 0.15) is 6.61 Å². The summed E-state index contributed by atoms with van der Waals surface area (Å²) in [5.74, 6) is -1.39. The predicted octanol–water partition coefficient (Wildman–Crippen LogP) is 4.64. The summed E-state index contributed by atoms with van der Waals surface area (Å²) >= 11 is 0. The number of hydrogen-bond acceptors (Lipinski definition) is 4. The molecule has 168 valence electrons. The van der Waals surface area contributed by atoms with E-state index in [2.05, 4.69) is 34.9 Å². The van der Waals surface area contributed by atoms with Gasteiger partial charge in [0, 0.05) is 23.2 Å². The Balaban J connectivity index is 1.34. The maximum atomic E-state index is 12.4. The van der Waals surface area contributed by atoms with Crippen molar-refractivity contribution in [3.63, 3.8) is 0 Å². The highest BCUT2D eigenvalue weighted by molar-refractivity contribution is 5.95. The number of carbonyl (C=O) groups is 3. The molecule has 7 heteroatoms. The smallest absolute Gasteiger partial charge is 0.411 e. The van der Waals surface area contributed by atoms with E-state index in [0.717, 1.165) is 22.3 Å². The van der Waals surface area contributed by atoms with E-state index in [-0.39, 0.29) is 24.9 Å². The summed E-state index contributed by atoms with van der Waals surface area (Å²) in [4.78, 5) is 35.3. The minimum Gasteiger partial charge on any atom is -0.481 e. The third-order valence-electron chi connectivity index (χ3n) is 5.60. The van der Waals surface area contributed by atoms with E-state index < -0.39 is 18.1 Å². The minimum absolute atomic E-state index is 0.0259. The number of hydrogen-bond donors (Lipinski definition) is 3. The fourth-order valence-corrected chi connectivity index (χ4v) is 4.08. The van der Waals surface area contributed by atoms with Gasteiger partial charge in [-0.1, -0.05) is 48.5 Å². The van der Waals surface area contributed by atoms with Crippen LogP contribution in [0.3, 0.4) is 0 Å². The quantitative estimate of drug-likeness (QED) is 0.492. The Bertz CT molecular complexity index is 1140. The number of rotatable bonds is 7. The Kier molecular flexibility index (Phi) is 6.40. The number of ether oxygens (including phenoxy) is 1. The molecule has 3 aromatic carbocycles. The molecule has 1 aliphatic carbocycles. The van der Waals surface area contributed by atoms with Crippen molar-refractivity contribution >= 4 is 23.7 Å². The van der Waals surface area contributed by atoms with Crippen LogP contribution < -0.4 is 10.6 Å². The number of carboxylic acid groups (broad SMARTS) is 1. The molecule has 1 unspecified atom stereocenters. The molecule has 1 atom stereocenters. The SMILES string of the molecule is CC(CC(=O)O)NC(=O)c1ccc(NC(=O)OCC2c3ccccc3-c3ccccc32)cc1. The summed E-state index contributed by atoms with van der Waals surface area (Å²) in [7, 11) is 0. The van der Waals surface area contributed by atoms with Gasteiger partial charge >= 0.3 is 12.1 Å². The summed E-state index contributed by atoms with van der Waals surface area (Å²) in [6, 6.07) is 22.1. The maximum absolute atomic E-state index is 12.4. The summed E-state index contributed by atoms with van der Waals surface area (Å²) in [5, 5.41) is 14.1. The number of fused-ring (bicyclic) bond motifs is 3. The van der Waals surface area contributed by atoms with Crippen molar-refractivity contribution in [2.24, 2.45) is 0 Å². The van der Waals surface area contributed by atoms with Crippen LogP contribution in [0.2, 0.25) is 0 Å². The van der Waals surface area contributed by atoms with Crippen molar-refractivity contribution < 1.29 is 24.2 Å². The number of benzene rings is 3. The molecule has 2 amide bonds. The maximum Gasteiger partial charge on any atom is 0.411 e. The topological polar surface area (TPSA) is 105 Å². The van der Waals surface area contributed by atoms with E-state index in [9.17, 15) is 14.4 Å². The average Bonchev–Trinajstić information content (AvgIpc) is 3.11. The number of amides is 2. The van der Waals surface area contributed by atoms with Crippen LogP contribution in [0.5, 0.6) is 0 Å². The molecule has 0 bridgehead atoms. The molecule has 3 aromatic rings. The first-order valence-corrected chi connectivity index (χ1v) is 10.7. The third kappa shape index (κ3) is 5.03. The summed E-state index contributed by atoms with van der Waals surface area (Å²) in [5.41, 5.74) is 5.45. The fourth-order valence-electron chi connectivity index (χ4n) is 4.08. The number of aliphatic carboxylic acids is 1. The largest absolute Gasteiger partial charge is 0.481 e. The Morgan fingerprint density at radius 1 is 0.909 bits per heavy atom. The van der Waals surface area contributed by atoms with E-state index in [1.54, 1.807) is 31.2 Å². The van der Waals surface area contributed by atoms with E-state index in [1.165, 1.54) is 0 Å². The fraction of sp³-hybridized carbons (Fsp3) is 0.192. The van der Waals surface area contributed by atoms with Gasteiger partial charge in [0.05, 0.1) is 6.42 Å². The zero-order valence-corrected chi connectivity index (χ0v) is 18.1. The number of carbonyl (C=O) groups excluding carboxylic acids is 2. The zero-order chi connectivity index (χ0) is 23.4. The first-order valence-electron chi connectivity index (χ1n) is 10.7. The normalized spacial score (nSPS) is 12.9. The predicted molar refractivity (Wildman–Crippen MR) is 124 cm³/mol. The van der Waals surface area contributed by atoms with E-state index in [4.69, 9.17) is 9.84 Å². The molecular formula is C26H24N2O5. The summed E-state index contributed by atoms with van der Waals surface area (Å²) < 4.78 is 5.53. The Morgan fingerprint density at radius 3 is 2.06 bits per heavy atom. The zero-order valence-electron chi connectivity index (χ0n) is 18.1. The Morgan fingerprint density at radius 2 is 1.48 bits per heavy atom. The standard InChI is InChI=1S/C26H24N2O5/c1-16(14-24(29)30)27-25(31)17-10-12-18(13-11-17)28-26(32)33-15-23-21-8-4-2-6-19(21)20-7-3-5-9-22(20)23/h2-13,16,23H,14-15H2,1H3,(H,27,31)(H,28,32)(H,29,30). The molecular weight excluding hydrogens is 420 g/mol. The highest BCUT2D eigenvalue weighted by atomic mass is 16.5. The molecule has 0 aliphatic heterocycles. The molecule has 0 fully saturated rings. The van der Waals surface area contributed by atoms with Crippen LogP contribution in [0.25, 0.3) is 11.1 Å². The van der Waals surface area contributed by atoms with Crippen LogP contribution in [0, 0.1) is 0 Å². The van der Waals surface area contributed by atoms with E-state index in [1.807, 2.05) is 24.3 Å². The van der Waals surface area contributed by atoms with Crippen LogP contribution in [0.15, 0.2) is 72.8 Å². The van der Waals surface area contributed by atoms with Gasteiger partial charge in [0.2, 0.25) is 0 Å². The monoisotopic (exact) mass is 444 g/mol. The van der Waals surface area contributed by atoms with E-state index >= 15 is 0 Å². The molecule has 0 saturated carbocycles. The van der Waals surface area contributed by atoms with Gasteiger partial charge in [-0.05, 0) is 53.4 Å². The van der Waals surface area contributed by atoms with Gasteiger partial charge in [0.15, 0.2) is 0 Å². The lowest BCUT2D eigenvalue weighted by Crippen LogP contribution is -2.34. The second-order valence-electron chi connectivity index (χ2n) is 8.00.